The average molecular weight is 172 g/mol. The van der Waals surface area contributed by atoms with Crippen molar-refractivity contribution in [3.05, 3.63) is 0 Å². The minimum atomic E-state index is 0. The molecule has 0 saturated heterocycles. The first-order valence-electron chi connectivity index (χ1n) is 5.85. The third-order valence-corrected chi connectivity index (χ3v) is 2.80. The highest BCUT2D eigenvalue weighted by Gasteiger charge is 2.09. The highest BCUT2D eigenvalue weighted by molar-refractivity contribution is 4.63. The topological polar surface area (TPSA) is 0 Å². The molecule has 0 amide bonds. The predicted octanol–water partition coefficient (Wildman–Crippen LogP) is 5.03. The lowest BCUT2D eigenvalue weighted by molar-refractivity contribution is 0.349. The van der Waals surface area contributed by atoms with Crippen LogP contribution in [0.2, 0.25) is 0 Å². The smallest absolute Gasteiger partial charge is 0 e. The van der Waals surface area contributed by atoms with E-state index in [0.29, 0.717) is 0 Å². The molecule has 0 aromatic heterocycles. The van der Waals surface area contributed by atoms with Crippen molar-refractivity contribution in [2.45, 2.75) is 72.1 Å². The number of unbranched alkanes of at least 4 members (excludes halogenated alkanes) is 1. The molecule has 0 aromatic carbocycles. The fourth-order valence-corrected chi connectivity index (χ4v) is 1.60. The van der Waals surface area contributed by atoms with Gasteiger partial charge in [-0.1, -0.05) is 72.1 Å². The highest BCUT2D eigenvalue weighted by atomic mass is 14.2. The summed E-state index contributed by atoms with van der Waals surface area (Å²) in [7, 11) is 0. The third kappa shape index (κ3) is 6.69. The van der Waals surface area contributed by atoms with Gasteiger partial charge in [0.05, 0.1) is 0 Å². The molecule has 12 heavy (non-hydrogen) atoms. The second kappa shape index (κ2) is 9.09. The summed E-state index contributed by atoms with van der Waals surface area (Å²) < 4.78 is 0. The Morgan fingerprint density at radius 2 is 1.42 bits per heavy atom. The first kappa shape index (κ1) is 12.0. The molecule has 0 N–H and O–H groups in total. The summed E-state index contributed by atoms with van der Waals surface area (Å²) >= 11 is 0. The lowest BCUT2D eigenvalue weighted by Crippen LogP contribution is -2.03. The SMILES string of the molecule is CCC1CCCCC1.CCCC.[HH]. The molecule has 0 unspecified atom stereocenters. The van der Waals surface area contributed by atoms with E-state index in [-0.39, 0.29) is 1.43 Å². The van der Waals surface area contributed by atoms with E-state index in [1.54, 1.807) is 0 Å². The summed E-state index contributed by atoms with van der Waals surface area (Å²) in [5.74, 6) is 1.09. The first-order valence-corrected chi connectivity index (χ1v) is 5.85. The van der Waals surface area contributed by atoms with Gasteiger partial charge in [-0.2, -0.15) is 0 Å². The molecule has 0 heterocycles. The van der Waals surface area contributed by atoms with Crippen LogP contribution in [0.3, 0.4) is 0 Å². The maximum atomic E-state index is 2.32. The van der Waals surface area contributed by atoms with E-state index in [1.807, 2.05) is 0 Å². The van der Waals surface area contributed by atoms with Crippen LogP contribution in [0, 0.1) is 5.92 Å². The molecule has 1 aliphatic rings. The van der Waals surface area contributed by atoms with Gasteiger partial charge in [-0.15, -0.1) is 0 Å². The fraction of sp³-hybridized carbons (Fsp3) is 1.00. The van der Waals surface area contributed by atoms with Gasteiger partial charge in [0.15, 0.2) is 0 Å². The molecule has 0 bridgehead atoms. The minimum Gasteiger partial charge on any atom is -0.0654 e. The molecule has 0 radical (unpaired) electrons. The van der Waals surface area contributed by atoms with Crippen molar-refractivity contribution in [1.29, 1.82) is 0 Å². The summed E-state index contributed by atoms with van der Waals surface area (Å²) in [6, 6.07) is 0. The van der Waals surface area contributed by atoms with Crippen molar-refractivity contribution in [3.63, 3.8) is 0 Å². The second-order valence-corrected chi connectivity index (χ2v) is 3.91. The Morgan fingerprint density at radius 1 is 0.917 bits per heavy atom. The van der Waals surface area contributed by atoms with Crippen LogP contribution >= 0.6 is 0 Å². The zero-order valence-corrected chi connectivity index (χ0v) is 9.23. The molecule has 1 fully saturated rings. The van der Waals surface area contributed by atoms with Gasteiger partial charge >= 0.3 is 0 Å². The van der Waals surface area contributed by atoms with Gasteiger partial charge < -0.3 is 0 Å². The highest BCUT2D eigenvalue weighted by Crippen LogP contribution is 2.25. The number of hydrogen-bond donors (Lipinski definition) is 0. The third-order valence-electron chi connectivity index (χ3n) is 2.80. The molecule has 0 heteroatoms. The standard InChI is InChI=1S/C8H16.C4H10.H2/c1-2-8-6-4-3-5-7-8;1-3-4-2;/h8H,2-7H2,1H3;3-4H2,1-2H3;1H. The first-order chi connectivity index (χ1) is 5.85. The van der Waals surface area contributed by atoms with E-state index >= 15 is 0 Å². The fourth-order valence-electron chi connectivity index (χ4n) is 1.60. The molecule has 0 aliphatic heterocycles. The molecular formula is C12H28. The molecule has 1 rings (SSSR count). The number of rotatable bonds is 2. The normalized spacial score (nSPS) is 18.2. The molecule has 0 aromatic rings. The Balaban J connectivity index is 0. The second-order valence-electron chi connectivity index (χ2n) is 3.91. The van der Waals surface area contributed by atoms with Gasteiger partial charge in [0.2, 0.25) is 0 Å². The maximum absolute atomic E-state index is 2.32. The van der Waals surface area contributed by atoms with Gasteiger partial charge in [-0.05, 0) is 5.92 Å². The van der Waals surface area contributed by atoms with Crippen molar-refractivity contribution >= 4 is 0 Å². The van der Waals surface area contributed by atoms with Crippen LogP contribution in [-0.2, 0) is 0 Å². The van der Waals surface area contributed by atoms with Gasteiger partial charge in [0.1, 0.15) is 0 Å². The Morgan fingerprint density at radius 3 is 1.67 bits per heavy atom. The van der Waals surface area contributed by atoms with Gasteiger partial charge in [0, 0.05) is 1.43 Å². The van der Waals surface area contributed by atoms with Crippen LogP contribution in [0.15, 0.2) is 0 Å². The van der Waals surface area contributed by atoms with Gasteiger partial charge in [-0.25, -0.2) is 0 Å². The van der Waals surface area contributed by atoms with Crippen LogP contribution in [0.1, 0.15) is 73.6 Å². The van der Waals surface area contributed by atoms with Crippen molar-refractivity contribution in [3.8, 4) is 0 Å². The van der Waals surface area contributed by atoms with E-state index in [0.717, 1.165) is 5.92 Å². The number of hydrogen-bond acceptors (Lipinski definition) is 0. The summed E-state index contributed by atoms with van der Waals surface area (Å²) in [6.45, 7) is 6.68. The largest absolute Gasteiger partial charge is 0.0654 e. The van der Waals surface area contributed by atoms with E-state index in [4.69, 9.17) is 0 Å². The van der Waals surface area contributed by atoms with Crippen LogP contribution in [-0.4, -0.2) is 0 Å². The average Bonchev–Trinajstić information content (AvgIpc) is 2.19. The van der Waals surface area contributed by atoms with Crippen LogP contribution in [0.25, 0.3) is 0 Å². The molecule has 76 valence electrons. The molecule has 0 atom stereocenters. The van der Waals surface area contributed by atoms with Crippen molar-refractivity contribution in [2.24, 2.45) is 5.92 Å². The molecule has 0 spiro atoms. The molecule has 0 nitrogen and oxygen atoms in total. The minimum absolute atomic E-state index is 0. The molecular weight excluding hydrogens is 144 g/mol. The lowest BCUT2D eigenvalue weighted by Gasteiger charge is -2.18. The summed E-state index contributed by atoms with van der Waals surface area (Å²) in [5, 5.41) is 0. The Bertz CT molecular complexity index is 73.2. The monoisotopic (exact) mass is 172 g/mol. The Kier molecular flexibility index (Phi) is 9.09. The Hall–Kier alpha value is 0. The predicted molar refractivity (Wildman–Crippen MR) is 59.6 cm³/mol. The van der Waals surface area contributed by atoms with Crippen LogP contribution < -0.4 is 0 Å². The summed E-state index contributed by atoms with van der Waals surface area (Å²) in [4.78, 5) is 0. The quantitative estimate of drug-likeness (QED) is 0.548. The zero-order valence-electron chi connectivity index (χ0n) is 9.23. The van der Waals surface area contributed by atoms with E-state index in [2.05, 4.69) is 20.8 Å². The van der Waals surface area contributed by atoms with Gasteiger partial charge in [-0.3, -0.25) is 0 Å². The van der Waals surface area contributed by atoms with Gasteiger partial charge in [0.25, 0.3) is 0 Å². The lowest BCUT2D eigenvalue weighted by atomic mass is 9.88. The molecule has 1 saturated carbocycles. The summed E-state index contributed by atoms with van der Waals surface area (Å²) in [6.07, 6.45) is 11.6. The summed E-state index contributed by atoms with van der Waals surface area (Å²) in [5.41, 5.74) is 0. The maximum Gasteiger partial charge on any atom is 0 e. The van der Waals surface area contributed by atoms with E-state index in [1.165, 1.54) is 51.4 Å². The van der Waals surface area contributed by atoms with Crippen molar-refractivity contribution in [1.82, 2.24) is 0 Å². The van der Waals surface area contributed by atoms with E-state index in [9.17, 15) is 0 Å². The molecule has 1 aliphatic carbocycles. The Labute approximate surface area is 80.2 Å². The van der Waals surface area contributed by atoms with Crippen LogP contribution in [0.5, 0.6) is 0 Å². The van der Waals surface area contributed by atoms with E-state index < -0.39 is 0 Å². The van der Waals surface area contributed by atoms with Crippen molar-refractivity contribution in [2.75, 3.05) is 0 Å². The van der Waals surface area contributed by atoms with Crippen LogP contribution in [0.4, 0.5) is 0 Å². The zero-order chi connectivity index (χ0) is 9.23. The van der Waals surface area contributed by atoms with Crippen molar-refractivity contribution < 1.29 is 1.43 Å².